The summed E-state index contributed by atoms with van der Waals surface area (Å²) in [5, 5.41) is 8.76. The van der Waals surface area contributed by atoms with Gasteiger partial charge in [-0.3, -0.25) is 0 Å². The number of hydrogen-bond acceptors (Lipinski definition) is 3. The third-order valence-electron chi connectivity index (χ3n) is 3.49. The maximum atomic E-state index is 13.9. The molecule has 1 aliphatic heterocycles. The fourth-order valence-corrected chi connectivity index (χ4v) is 4.37. The molecule has 0 bridgehead atoms. The standard InChI is InChI=1S/C13H16FNO4S/c1-8-5-9(2)15(7-8)20(18,19)12-4-3-10(13(16)17)6-11(12)14/h3-4,6,8-9H,5,7H2,1-2H3,(H,16,17). The minimum absolute atomic E-state index is 0.187. The predicted molar refractivity (Wildman–Crippen MR) is 70.5 cm³/mol. The van der Waals surface area contributed by atoms with Crippen molar-refractivity contribution in [2.75, 3.05) is 6.54 Å². The average molecular weight is 301 g/mol. The van der Waals surface area contributed by atoms with Gasteiger partial charge in [-0.25, -0.2) is 17.6 Å². The molecule has 0 amide bonds. The van der Waals surface area contributed by atoms with E-state index in [-0.39, 0.29) is 17.5 Å². The molecule has 1 aromatic carbocycles. The zero-order valence-electron chi connectivity index (χ0n) is 11.2. The summed E-state index contributed by atoms with van der Waals surface area (Å²) in [6.45, 7) is 4.07. The van der Waals surface area contributed by atoms with E-state index in [4.69, 9.17) is 5.11 Å². The summed E-state index contributed by atoms with van der Waals surface area (Å²) in [5.74, 6) is -2.10. The van der Waals surface area contributed by atoms with E-state index < -0.39 is 26.7 Å². The molecule has 0 aromatic heterocycles. The highest BCUT2D eigenvalue weighted by Crippen LogP contribution is 2.30. The molecular formula is C13H16FNO4S. The maximum Gasteiger partial charge on any atom is 0.335 e. The lowest BCUT2D eigenvalue weighted by molar-refractivity contribution is 0.0696. The lowest BCUT2D eigenvalue weighted by Gasteiger charge is -2.21. The van der Waals surface area contributed by atoms with Crippen LogP contribution in [0.5, 0.6) is 0 Å². The minimum atomic E-state index is -3.93. The van der Waals surface area contributed by atoms with Crippen LogP contribution in [0.2, 0.25) is 0 Å². The molecule has 0 saturated carbocycles. The molecule has 5 nitrogen and oxygen atoms in total. The molecule has 2 rings (SSSR count). The lowest BCUT2D eigenvalue weighted by Crippen LogP contribution is -2.34. The first-order valence-corrected chi connectivity index (χ1v) is 7.72. The number of benzene rings is 1. The first kappa shape index (κ1) is 14.9. The Morgan fingerprint density at radius 2 is 2.05 bits per heavy atom. The van der Waals surface area contributed by atoms with Gasteiger partial charge in [0.25, 0.3) is 0 Å². The second-order valence-corrected chi connectivity index (χ2v) is 7.07. The van der Waals surface area contributed by atoms with Crippen LogP contribution in [0.1, 0.15) is 30.6 Å². The fraction of sp³-hybridized carbons (Fsp3) is 0.462. The number of carboxylic acid groups (broad SMARTS) is 1. The van der Waals surface area contributed by atoms with E-state index in [9.17, 15) is 17.6 Å². The highest BCUT2D eigenvalue weighted by Gasteiger charge is 2.37. The highest BCUT2D eigenvalue weighted by molar-refractivity contribution is 7.89. The van der Waals surface area contributed by atoms with Crippen molar-refractivity contribution < 1.29 is 22.7 Å². The van der Waals surface area contributed by atoms with Crippen LogP contribution in [0.4, 0.5) is 4.39 Å². The summed E-state index contributed by atoms with van der Waals surface area (Å²) in [5.41, 5.74) is -0.274. The predicted octanol–water partition coefficient (Wildman–Crippen LogP) is 1.94. The van der Waals surface area contributed by atoms with Gasteiger partial charge in [0.15, 0.2) is 0 Å². The molecule has 7 heteroatoms. The Morgan fingerprint density at radius 3 is 2.50 bits per heavy atom. The number of hydrogen-bond donors (Lipinski definition) is 1. The van der Waals surface area contributed by atoms with Gasteiger partial charge in [-0.1, -0.05) is 6.92 Å². The van der Waals surface area contributed by atoms with Crippen molar-refractivity contribution in [3.8, 4) is 0 Å². The van der Waals surface area contributed by atoms with E-state index in [1.165, 1.54) is 4.31 Å². The van der Waals surface area contributed by atoms with Crippen LogP contribution in [-0.4, -0.2) is 36.4 Å². The van der Waals surface area contributed by atoms with E-state index in [1.807, 2.05) is 6.92 Å². The Balaban J connectivity index is 2.42. The van der Waals surface area contributed by atoms with Crippen LogP contribution in [0.3, 0.4) is 0 Å². The first-order chi connectivity index (χ1) is 9.23. The average Bonchev–Trinajstić information content (AvgIpc) is 2.68. The van der Waals surface area contributed by atoms with Crippen LogP contribution in [-0.2, 0) is 10.0 Å². The van der Waals surface area contributed by atoms with E-state index in [1.54, 1.807) is 6.92 Å². The quantitative estimate of drug-likeness (QED) is 0.926. The first-order valence-electron chi connectivity index (χ1n) is 6.28. The van der Waals surface area contributed by atoms with Gasteiger partial charge in [0.05, 0.1) is 5.56 Å². The maximum absolute atomic E-state index is 13.9. The zero-order chi connectivity index (χ0) is 15.1. The van der Waals surface area contributed by atoms with Crippen LogP contribution in [0.25, 0.3) is 0 Å². The second kappa shape index (κ2) is 5.14. The molecule has 1 aromatic rings. The van der Waals surface area contributed by atoms with Crippen molar-refractivity contribution in [3.63, 3.8) is 0 Å². The Hall–Kier alpha value is -1.47. The van der Waals surface area contributed by atoms with Crippen molar-refractivity contribution in [1.29, 1.82) is 0 Å². The Labute approximate surface area is 117 Å². The van der Waals surface area contributed by atoms with Crippen LogP contribution in [0, 0.1) is 11.7 Å². The van der Waals surface area contributed by atoms with Gasteiger partial charge in [0, 0.05) is 12.6 Å². The van der Waals surface area contributed by atoms with Crippen molar-refractivity contribution >= 4 is 16.0 Å². The summed E-state index contributed by atoms with van der Waals surface area (Å²) >= 11 is 0. The van der Waals surface area contributed by atoms with E-state index in [0.717, 1.165) is 24.6 Å². The van der Waals surface area contributed by atoms with Crippen LogP contribution >= 0.6 is 0 Å². The van der Waals surface area contributed by atoms with E-state index >= 15 is 0 Å². The van der Waals surface area contributed by atoms with E-state index in [0.29, 0.717) is 6.54 Å². The lowest BCUT2D eigenvalue weighted by atomic mass is 10.1. The second-order valence-electron chi connectivity index (χ2n) is 5.21. The molecule has 20 heavy (non-hydrogen) atoms. The van der Waals surface area contributed by atoms with Crippen molar-refractivity contribution in [3.05, 3.63) is 29.6 Å². The molecule has 0 spiro atoms. The van der Waals surface area contributed by atoms with E-state index in [2.05, 4.69) is 0 Å². The fourth-order valence-electron chi connectivity index (χ4n) is 2.57. The van der Waals surface area contributed by atoms with Gasteiger partial charge in [-0.15, -0.1) is 0 Å². The number of aromatic carboxylic acids is 1. The Morgan fingerprint density at radius 1 is 1.40 bits per heavy atom. The summed E-state index contributed by atoms with van der Waals surface area (Å²) < 4.78 is 40.1. The molecule has 0 radical (unpaired) electrons. The molecule has 1 aliphatic rings. The molecule has 2 unspecified atom stereocenters. The monoisotopic (exact) mass is 301 g/mol. The number of carbonyl (C=O) groups is 1. The van der Waals surface area contributed by atoms with Crippen molar-refractivity contribution in [1.82, 2.24) is 4.31 Å². The van der Waals surface area contributed by atoms with Gasteiger partial charge < -0.3 is 5.11 Å². The smallest absolute Gasteiger partial charge is 0.335 e. The molecule has 1 N–H and O–H groups in total. The number of halogens is 1. The summed E-state index contributed by atoms with van der Waals surface area (Å²) in [6.07, 6.45) is 0.730. The third-order valence-corrected chi connectivity index (χ3v) is 5.51. The Kier molecular flexibility index (Phi) is 3.84. The van der Waals surface area contributed by atoms with Crippen molar-refractivity contribution in [2.45, 2.75) is 31.2 Å². The van der Waals surface area contributed by atoms with Crippen molar-refractivity contribution in [2.24, 2.45) is 5.92 Å². The summed E-state index contributed by atoms with van der Waals surface area (Å²) in [4.78, 5) is 10.3. The van der Waals surface area contributed by atoms with Gasteiger partial charge in [-0.2, -0.15) is 4.31 Å². The molecule has 110 valence electrons. The zero-order valence-corrected chi connectivity index (χ0v) is 12.0. The molecule has 0 aliphatic carbocycles. The number of rotatable bonds is 3. The Bertz CT molecular complexity index is 644. The van der Waals surface area contributed by atoms with Gasteiger partial charge in [0.1, 0.15) is 10.7 Å². The van der Waals surface area contributed by atoms with Gasteiger partial charge in [0.2, 0.25) is 10.0 Å². The summed E-state index contributed by atoms with van der Waals surface area (Å²) in [7, 11) is -3.93. The molecule has 1 fully saturated rings. The molecule has 1 saturated heterocycles. The SMILES string of the molecule is CC1CC(C)N(S(=O)(=O)c2ccc(C(=O)O)cc2F)C1. The molecule has 2 atom stereocenters. The van der Waals surface area contributed by atoms with Crippen LogP contribution in [0.15, 0.2) is 23.1 Å². The largest absolute Gasteiger partial charge is 0.478 e. The third kappa shape index (κ3) is 2.55. The number of sulfonamides is 1. The summed E-state index contributed by atoms with van der Waals surface area (Å²) in [6, 6.07) is 2.67. The molecular weight excluding hydrogens is 285 g/mol. The van der Waals surface area contributed by atoms with Gasteiger partial charge in [-0.05, 0) is 37.5 Å². The highest BCUT2D eigenvalue weighted by atomic mass is 32.2. The normalized spacial score (nSPS) is 23.9. The number of nitrogens with zero attached hydrogens (tertiary/aromatic N) is 1. The molecule has 1 heterocycles. The van der Waals surface area contributed by atoms with Gasteiger partial charge >= 0.3 is 5.97 Å². The van der Waals surface area contributed by atoms with Crippen LogP contribution < -0.4 is 0 Å². The number of carboxylic acids is 1. The minimum Gasteiger partial charge on any atom is -0.478 e. The topological polar surface area (TPSA) is 74.7 Å².